The van der Waals surface area contributed by atoms with E-state index in [2.05, 4.69) is 10.3 Å². The molecule has 1 spiro atoms. The highest BCUT2D eigenvalue weighted by Crippen LogP contribution is 2.44. The Hall–Kier alpha value is -2.35. The van der Waals surface area contributed by atoms with E-state index in [1.807, 2.05) is 13.1 Å². The minimum Gasteiger partial charge on any atom is -0.483 e. The molecule has 2 fully saturated rings. The number of nitrogens with zero attached hydrogens (tertiary/aromatic N) is 4. The number of ether oxygens (including phenoxy) is 1. The Balaban J connectivity index is 1.27. The molecule has 8 nitrogen and oxygen atoms in total. The van der Waals surface area contributed by atoms with Crippen LogP contribution < -0.4 is 4.74 Å². The second-order valence-corrected chi connectivity index (χ2v) is 7.92. The third-order valence-electron chi connectivity index (χ3n) is 5.98. The predicted molar refractivity (Wildman–Crippen MR) is 94.5 cm³/mol. The SMILES string of the molecule is CCn1cc2c(n1)C(O)CC1(CCN(C(=O)c3cc(C4CC4)on3)CC1)O2. The number of hydrogen-bond acceptors (Lipinski definition) is 6. The molecule has 0 bridgehead atoms. The van der Waals surface area contributed by atoms with E-state index in [0.29, 0.717) is 55.4 Å². The highest BCUT2D eigenvalue weighted by molar-refractivity contribution is 5.92. The zero-order chi connectivity index (χ0) is 18.6. The number of carbonyl (C=O) groups excluding carboxylic acids is 1. The number of carbonyl (C=O) groups is 1. The molecule has 2 aromatic rings. The number of aliphatic hydroxyl groups is 1. The van der Waals surface area contributed by atoms with Gasteiger partial charge in [-0.3, -0.25) is 9.48 Å². The summed E-state index contributed by atoms with van der Waals surface area (Å²) in [6.07, 6.45) is 5.33. The molecule has 2 aliphatic heterocycles. The standard InChI is InChI=1S/C19H24N4O4/c1-2-23-11-16-17(20-23)14(24)10-19(26-16)5-7-22(8-6-19)18(25)13-9-15(27-21-13)12-3-4-12/h9,11-12,14,24H,2-8,10H2,1H3. The van der Waals surface area contributed by atoms with Gasteiger partial charge < -0.3 is 19.3 Å². The number of hydrogen-bond donors (Lipinski definition) is 1. The van der Waals surface area contributed by atoms with E-state index in [1.165, 1.54) is 0 Å². The zero-order valence-corrected chi connectivity index (χ0v) is 15.4. The molecular formula is C19H24N4O4. The molecule has 0 radical (unpaired) electrons. The lowest BCUT2D eigenvalue weighted by atomic mass is 9.83. The van der Waals surface area contributed by atoms with E-state index < -0.39 is 11.7 Å². The van der Waals surface area contributed by atoms with E-state index in [9.17, 15) is 9.90 Å². The molecule has 1 unspecified atom stereocenters. The van der Waals surface area contributed by atoms with Crippen molar-refractivity contribution in [1.29, 1.82) is 0 Å². The molecule has 3 aliphatic rings. The Kier molecular flexibility index (Phi) is 3.79. The molecule has 1 saturated heterocycles. The van der Waals surface area contributed by atoms with Crippen LogP contribution in [0.25, 0.3) is 0 Å². The van der Waals surface area contributed by atoms with Gasteiger partial charge in [0.15, 0.2) is 11.4 Å². The molecule has 1 aliphatic carbocycles. The normalized spacial score (nSPS) is 23.9. The summed E-state index contributed by atoms with van der Waals surface area (Å²) in [5.74, 6) is 1.85. The van der Waals surface area contributed by atoms with Crippen molar-refractivity contribution < 1.29 is 19.2 Å². The Labute approximate surface area is 157 Å². The first-order valence-corrected chi connectivity index (χ1v) is 9.77. The lowest BCUT2D eigenvalue weighted by Gasteiger charge is -2.44. The van der Waals surface area contributed by atoms with Gasteiger partial charge in [0.1, 0.15) is 23.2 Å². The van der Waals surface area contributed by atoms with Crippen LogP contribution in [-0.2, 0) is 6.54 Å². The third kappa shape index (κ3) is 2.92. The van der Waals surface area contributed by atoms with Crippen molar-refractivity contribution in [3.05, 3.63) is 29.4 Å². The molecule has 2 aromatic heterocycles. The van der Waals surface area contributed by atoms with Crippen molar-refractivity contribution in [3.63, 3.8) is 0 Å². The molecule has 1 amide bonds. The van der Waals surface area contributed by atoms with Crippen molar-refractivity contribution in [1.82, 2.24) is 19.8 Å². The van der Waals surface area contributed by atoms with Gasteiger partial charge in [0, 0.05) is 50.9 Å². The van der Waals surface area contributed by atoms with Gasteiger partial charge in [-0.1, -0.05) is 5.16 Å². The van der Waals surface area contributed by atoms with Crippen molar-refractivity contribution >= 4 is 5.91 Å². The number of aliphatic hydroxyl groups excluding tert-OH is 1. The fourth-order valence-electron chi connectivity index (χ4n) is 4.15. The van der Waals surface area contributed by atoms with Crippen molar-refractivity contribution in [2.24, 2.45) is 0 Å². The van der Waals surface area contributed by atoms with E-state index in [0.717, 1.165) is 25.1 Å². The van der Waals surface area contributed by atoms with E-state index in [1.54, 1.807) is 15.6 Å². The molecule has 144 valence electrons. The first-order chi connectivity index (χ1) is 13.1. The van der Waals surface area contributed by atoms with Crippen LogP contribution in [0.4, 0.5) is 0 Å². The van der Waals surface area contributed by atoms with E-state index >= 15 is 0 Å². The summed E-state index contributed by atoms with van der Waals surface area (Å²) in [6.45, 7) is 3.89. The quantitative estimate of drug-likeness (QED) is 0.888. The molecule has 1 saturated carbocycles. The summed E-state index contributed by atoms with van der Waals surface area (Å²) >= 11 is 0. The maximum Gasteiger partial charge on any atom is 0.276 e. The number of likely N-dealkylation sites (tertiary alicyclic amines) is 1. The summed E-state index contributed by atoms with van der Waals surface area (Å²) < 4.78 is 13.4. The van der Waals surface area contributed by atoms with Crippen LogP contribution in [0, 0.1) is 0 Å². The molecule has 4 heterocycles. The monoisotopic (exact) mass is 372 g/mol. The van der Waals surface area contributed by atoms with Crippen LogP contribution in [0.3, 0.4) is 0 Å². The molecule has 27 heavy (non-hydrogen) atoms. The fourth-order valence-corrected chi connectivity index (χ4v) is 4.15. The van der Waals surface area contributed by atoms with Crippen LogP contribution in [-0.4, -0.2) is 49.5 Å². The molecule has 0 aromatic carbocycles. The number of fused-ring (bicyclic) bond motifs is 1. The van der Waals surface area contributed by atoms with Crippen LogP contribution >= 0.6 is 0 Å². The lowest BCUT2D eigenvalue weighted by Crippen LogP contribution is -2.51. The van der Waals surface area contributed by atoms with Crippen molar-refractivity contribution in [2.45, 2.75) is 63.2 Å². The van der Waals surface area contributed by atoms with Gasteiger partial charge in [-0.2, -0.15) is 5.10 Å². The molecule has 1 N–H and O–H groups in total. The maximum atomic E-state index is 12.7. The average molecular weight is 372 g/mol. The summed E-state index contributed by atoms with van der Waals surface area (Å²) in [7, 11) is 0. The zero-order valence-electron chi connectivity index (χ0n) is 15.4. The number of aryl methyl sites for hydroxylation is 1. The molecule has 8 heteroatoms. The van der Waals surface area contributed by atoms with Gasteiger partial charge in [0.2, 0.25) is 0 Å². The van der Waals surface area contributed by atoms with Crippen LogP contribution in [0.5, 0.6) is 5.75 Å². The first kappa shape index (κ1) is 16.8. The minimum absolute atomic E-state index is 0.0867. The Morgan fingerprint density at radius 2 is 2.15 bits per heavy atom. The summed E-state index contributed by atoms with van der Waals surface area (Å²) in [5, 5.41) is 18.9. The first-order valence-electron chi connectivity index (χ1n) is 9.77. The Bertz CT molecular complexity index is 861. The van der Waals surface area contributed by atoms with Gasteiger partial charge in [-0.25, -0.2) is 0 Å². The summed E-state index contributed by atoms with van der Waals surface area (Å²) in [6, 6.07) is 1.79. The van der Waals surface area contributed by atoms with Crippen molar-refractivity contribution in [2.75, 3.05) is 13.1 Å². The second-order valence-electron chi connectivity index (χ2n) is 7.92. The van der Waals surface area contributed by atoms with Crippen LogP contribution in [0.2, 0.25) is 0 Å². The topological polar surface area (TPSA) is 93.6 Å². The Morgan fingerprint density at radius 1 is 1.37 bits per heavy atom. The van der Waals surface area contributed by atoms with Gasteiger partial charge >= 0.3 is 0 Å². The largest absolute Gasteiger partial charge is 0.483 e. The van der Waals surface area contributed by atoms with Crippen molar-refractivity contribution in [3.8, 4) is 5.75 Å². The summed E-state index contributed by atoms with van der Waals surface area (Å²) in [4.78, 5) is 14.5. The molecule has 1 atom stereocenters. The van der Waals surface area contributed by atoms with Gasteiger partial charge in [-0.05, 0) is 19.8 Å². The second kappa shape index (κ2) is 6.09. The van der Waals surface area contributed by atoms with Gasteiger partial charge in [0.25, 0.3) is 5.91 Å². The van der Waals surface area contributed by atoms with Gasteiger partial charge in [0.05, 0.1) is 6.20 Å². The van der Waals surface area contributed by atoms with Crippen LogP contribution in [0.15, 0.2) is 16.8 Å². The van der Waals surface area contributed by atoms with E-state index in [4.69, 9.17) is 9.26 Å². The number of aromatic nitrogens is 3. The molecular weight excluding hydrogens is 348 g/mol. The Morgan fingerprint density at radius 3 is 2.85 bits per heavy atom. The summed E-state index contributed by atoms with van der Waals surface area (Å²) in [5.41, 5.74) is 0.577. The van der Waals surface area contributed by atoms with Crippen LogP contribution in [0.1, 0.15) is 73.0 Å². The maximum absolute atomic E-state index is 12.7. The van der Waals surface area contributed by atoms with E-state index in [-0.39, 0.29) is 5.91 Å². The highest BCUT2D eigenvalue weighted by atomic mass is 16.5. The number of rotatable bonds is 3. The average Bonchev–Trinajstić information content (AvgIpc) is 3.25. The third-order valence-corrected chi connectivity index (χ3v) is 5.98. The molecule has 5 rings (SSSR count). The number of piperidine rings is 1. The van der Waals surface area contributed by atoms with Gasteiger partial charge in [-0.15, -0.1) is 0 Å². The highest BCUT2D eigenvalue weighted by Gasteiger charge is 2.45. The fraction of sp³-hybridized carbons (Fsp3) is 0.632. The number of amides is 1. The smallest absolute Gasteiger partial charge is 0.276 e. The minimum atomic E-state index is -0.625. The lowest BCUT2D eigenvalue weighted by molar-refractivity contribution is -0.0505. The predicted octanol–water partition coefficient (Wildman–Crippen LogP) is 2.26.